The van der Waals surface area contributed by atoms with E-state index in [1.54, 1.807) is 0 Å². The smallest absolute Gasteiger partial charge is 0.0588 e. The molecule has 0 saturated heterocycles. The first-order valence-electron chi connectivity index (χ1n) is 6.83. The van der Waals surface area contributed by atoms with Gasteiger partial charge in [0.05, 0.1) is 6.04 Å². The second-order valence-electron chi connectivity index (χ2n) is 4.92. The molecule has 2 aromatic rings. The van der Waals surface area contributed by atoms with E-state index in [-0.39, 0.29) is 0 Å². The van der Waals surface area contributed by atoms with Crippen LogP contribution in [-0.2, 0) is 0 Å². The van der Waals surface area contributed by atoms with E-state index in [9.17, 15) is 0 Å². The van der Waals surface area contributed by atoms with Crippen molar-refractivity contribution in [3.8, 4) is 11.1 Å². The number of unbranched alkanes of at least 4 members (excludes halogenated alkanes) is 1. The fourth-order valence-corrected chi connectivity index (χ4v) is 2.80. The molecular weight excluding hydrogens is 218 g/mol. The molecule has 0 heterocycles. The van der Waals surface area contributed by atoms with Crippen molar-refractivity contribution in [1.29, 1.82) is 0 Å². The third kappa shape index (κ3) is 1.85. The fraction of sp³-hybridized carbons (Fsp3) is 0.294. The van der Waals surface area contributed by atoms with Crippen LogP contribution in [0.2, 0.25) is 0 Å². The minimum atomic E-state index is 0.379. The number of benzene rings is 2. The lowest BCUT2D eigenvalue weighted by atomic mass is 10.1. The van der Waals surface area contributed by atoms with Crippen molar-refractivity contribution < 1.29 is 0 Å². The molecule has 92 valence electrons. The molecule has 18 heavy (non-hydrogen) atoms. The highest BCUT2D eigenvalue weighted by Gasteiger charge is 2.26. The summed E-state index contributed by atoms with van der Waals surface area (Å²) in [6.45, 7) is 3.32. The first-order chi connectivity index (χ1) is 8.92. The third-order valence-electron chi connectivity index (χ3n) is 3.71. The molecule has 1 nitrogen and oxygen atoms in total. The normalized spacial score (nSPS) is 13.4. The Morgan fingerprint density at radius 2 is 1.44 bits per heavy atom. The van der Waals surface area contributed by atoms with Crippen LogP contribution in [0.25, 0.3) is 11.1 Å². The predicted octanol–water partition coefficient (Wildman–Crippen LogP) is 4.15. The van der Waals surface area contributed by atoms with Crippen LogP contribution in [0.3, 0.4) is 0 Å². The van der Waals surface area contributed by atoms with Gasteiger partial charge in [-0.3, -0.25) is 0 Å². The molecule has 0 atom stereocenters. The van der Waals surface area contributed by atoms with Crippen molar-refractivity contribution >= 4 is 0 Å². The quantitative estimate of drug-likeness (QED) is 0.788. The van der Waals surface area contributed by atoms with E-state index in [0.717, 1.165) is 6.54 Å². The summed E-state index contributed by atoms with van der Waals surface area (Å²) in [6, 6.07) is 17.9. The van der Waals surface area contributed by atoms with E-state index in [1.165, 1.54) is 35.1 Å². The summed E-state index contributed by atoms with van der Waals surface area (Å²) in [5.74, 6) is 0. The number of hydrogen-bond donors (Lipinski definition) is 1. The Morgan fingerprint density at radius 3 is 2.00 bits per heavy atom. The number of fused-ring (bicyclic) bond motifs is 3. The average Bonchev–Trinajstić information content (AvgIpc) is 2.74. The molecule has 1 aliphatic carbocycles. The van der Waals surface area contributed by atoms with Gasteiger partial charge < -0.3 is 5.32 Å². The van der Waals surface area contributed by atoms with Gasteiger partial charge in [-0.15, -0.1) is 0 Å². The molecule has 0 fully saturated rings. The van der Waals surface area contributed by atoms with E-state index < -0.39 is 0 Å². The number of nitrogens with one attached hydrogen (secondary N) is 1. The van der Waals surface area contributed by atoms with Crippen molar-refractivity contribution in [2.24, 2.45) is 0 Å². The fourth-order valence-electron chi connectivity index (χ4n) is 2.80. The van der Waals surface area contributed by atoms with Gasteiger partial charge in [-0.1, -0.05) is 61.9 Å². The Hall–Kier alpha value is -1.60. The molecule has 3 rings (SSSR count). The monoisotopic (exact) mass is 237 g/mol. The van der Waals surface area contributed by atoms with Gasteiger partial charge >= 0.3 is 0 Å². The van der Waals surface area contributed by atoms with E-state index in [1.807, 2.05) is 0 Å². The highest BCUT2D eigenvalue weighted by Crippen LogP contribution is 2.42. The van der Waals surface area contributed by atoms with Gasteiger partial charge in [-0.25, -0.2) is 0 Å². The van der Waals surface area contributed by atoms with Crippen LogP contribution >= 0.6 is 0 Å². The van der Waals surface area contributed by atoms with Gasteiger partial charge in [0.15, 0.2) is 0 Å². The summed E-state index contributed by atoms with van der Waals surface area (Å²) in [6.07, 6.45) is 2.48. The highest BCUT2D eigenvalue weighted by atomic mass is 14.9. The first kappa shape index (κ1) is 11.5. The van der Waals surface area contributed by atoms with Crippen LogP contribution in [0.1, 0.15) is 36.9 Å². The largest absolute Gasteiger partial charge is 0.306 e. The Kier molecular flexibility index (Phi) is 3.16. The summed E-state index contributed by atoms with van der Waals surface area (Å²) in [5.41, 5.74) is 5.63. The Balaban J connectivity index is 1.98. The molecule has 1 aliphatic rings. The second kappa shape index (κ2) is 4.95. The van der Waals surface area contributed by atoms with E-state index in [4.69, 9.17) is 0 Å². The summed E-state index contributed by atoms with van der Waals surface area (Å²) in [5, 5.41) is 3.69. The van der Waals surface area contributed by atoms with E-state index in [2.05, 4.69) is 60.8 Å². The van der Waals surface area contributed by atoms with Crippen LogP contribution in [0.5, 0.6) is 0 Å². The van der Waals surface area contributed by atoms with Gasteiger partial charge in [0.2, 0.25) is 0 Å². The van der Waals surface area contributed by atoms with Crippen LogP contribution in [-0.4, -0.2) is 6.54 Å². The maximum Gasteiger partial charge on any atom is 0.0588 e. The first-order valence-corrected chi connectivity index (χ1v) is 6.83. The zero-order valence-electron chi connectivity index (χ0n) is 10.8. The Labute approximate surface area is 109 Å². The van der Waals surface area contributed by atoms with Crippen molar-refractivity contribution in [3.63, 3.8) is 0 Å². The molecule has 0 radical (unpaired) electrons. The number of hydrogen-bond acceptors (Lipinski definition) is 1. The minimum Gasteiger partial charge on any atom is -0.306 e. The maximum atomic E-state index is 3.69. The van der Waals surface area contributed by atoms with Gasteiger partial charge in [0, 0.05) is 0 Å². The summed E-state index contributed by atoms with van der Waals surface area (Å²) in [4.78, 5) is 0. The van der Waals surface area contributed by atoms with Crippen molar-refractivity contribution in [2.45, 2.75) is 25.8 Å². The molecular formula is C17H19N. The maximum absolute atomic E-state index is 3.69. The van der Waals surface area contributed by atoms with Gasteiger partial charge in [-0.05, 0) is 35.2 Å². The van der Waals surface area contributed by atoms with E-state index >= 15 is 0 Å². The highest BCUT2D eigenvalue weighted by molar-refractivity contribution is 5.78. The summed E-state index contributed by atoms with van der Waals surface area (Å²) in [7, 11) is 0. The molecule has 0 amide bonds. The lowest BCUT2D eigenvalue weighted by molar-refractivity contribution is 0.587. The Bertz CT molecular complexity index is 499. The van der Waals surface area contributed by atoms with Crippen LogP contribution < -0.4 is 5.32 Å². The molecule has 2 aromatic carbocycles. The minimum absolute atomic E-state index is 0.379. The Morgan fingerprint density at radius 1 is 0.889 bits per heavy atom. The zero-order chi connectivity index (χ0) is 12.4. The molecule has 0 bridgehead atoms. The molecule has 1 heteroatoms. The third-order valence-corrected chi connectivity index (χ3v) is 3.71. The molecule has 1 N–H and O–H groups in total. The average molecular weight is 237 g/mol. The summed E-state index contributed by atoms with van der Waals surface area (Å²) < 4.78 is 0. The van der Waals surface area contributed by atoms with Crippen molar-refractivity contribution in [3.05, 3.63) is 59.7 Å². The molecule has 0 saturated carbocycles. The van der Waals surface area contributed by atoms with Gasteiger partial charge in [0.25, 0.3) is 0 Å². The SMILES string of the molecule is CCCCNC1c2ccccc2-c2ccccc21. The van der Waals surface area contributed by atoms with Crippen LogP contribution in [0.15, 0.2) is 48.5 Å². The second-order valence-corrected chi connectivity index (χ2v) is 4.92. The molecule has 0 spiro atoms. The lowest BCUT2D eigenvalue weighted by Gasteiger charge is -2.15. The molecule has 0 aromatic heterocycles. The number of rotatable bonds is 4. The van der Waals surface area contributed by atoms with Crippen LogP contribution in [0.4, 0.5) is 0 Å². The lowest BCUT2D eigenvalue weighted by Crippen LogP contribution is -2.21. The van der Waals surface area contributed by atoms with E-state index in [0.29, 0.717) is 6.04 Å². The molecule has 0 aliphatic heterocycles. The summed E-state index contributed by atoms with van der Waals surface area (Å²) >= 11 is 0. The zero-order valence-corrected chi connectivity index (χ0v) is 10.8. The van der Waals surface area contributed by atoms with Crippen molar-refractivity contribution in [1.82, 2.24) is 5.32 Å². The van der Waals surface area contributed by atoms with Crippen molar-refractivity contribution in [2.75, 3.05) is 6.54 Å². The van der Waals surface area contributed by atoms with Gasteiger partial charge in [-0.2, -0.15) is 0 Å². The predicted molar refractivity (Wildman–Crippen MR) is 76.6 cm³/mol. The standard InChI is InChI=1S/C17H19N/c1-2-3-12-18-17-15-10-6-4-8-13(15)14-9-5-7-11-16(14)17/h4-11,17-18H,2-3,12H2,1H3. The van der Waals surface area contributed by atoms with Crippen LogP contribution in [0, 0.1) is 0 Å². The molecule has 0 unspecified atom stereocenters. The van der Waals surface area contributed by atoms with Gasteiger partial charge in [0.1, 0.15) is 0 Å². The topological polar surface area (TPSA) is 12.0 Å².